The zero-order valence-electron chi connectivity index (χ0n) is 16.6. The Bertz CT molecular complexity index is 1130. The molecule has 29 heavy (non-hydrogen) atoms. The van der Waals surface area contributed by atoms with E-state index in [0.29, 0.717) is 10.8 Å². The molecule has 0 saturated heterocycles. The van der Waals surface area contributed by atoms with Crippen molar-refractivity contribution in [3.05, 3.63) is 46.1 Å². The minimum absolute atomic E-state index is 0.0848. The minimum Gasteiger partial charge on any atom is -0.444 e. The van der Waals surface area contributed by atoms with Crippen molar-refractivity contribution in [1.82, 2.24) is 14.9 Å². The van der Waals surface area contributed by atoms with Crippen LogP contribution in [0.3, 0.4) is 0 Å². The van der Waals surface area contributed by atoms with Gasteiger partial charge in [-0.15, -0.1) is 11.3 Å². The second-order valence-electron chi connectivity index (χ2n) is 7.45. The molecule has 0 aliphatic rings. The molecule has 0 aliphatic heterocycles. The van der Waals surface area contributed by atoms with Gasteiger partial charge in [-0.2, -0.15) is 0 Å². The summed E-state index contributed by atoms with van der Waals surface area (Å²) in [5.74, 6) is -0.405. The zero-order chi connectivity index (χ0) is 21.2. The lowest BCUT2D eigenvalue weighted by Gasteiger charge is -2.19. The summed E-state index contributed by atoms with van der Waals surface area (Å²) >= 11 is 1.27. The van der Waals surface area contributed by atoms with Gasteiger partial charge in [-0.05, 0) is 38.3 Å². The summed E-state index contributed by atoms with van der Waals surface area (Å²) in [7, 11) is 1.72. The number of thiazole rings is 1. The van der Waals surface area contributed by atoms with E-state index < -0.39 is 17.6 Å². The summed E-state index contributed by atoms with van der Waals surface area (Å²) in [4.78, 5) is 39.9. The molecule has 0 radical (unpaired) electrons. The largest absolute Gasteiger partial charge is 0.444 e. The monoisotopic (exact) mass is 414 g/mol. The van der Waals surface area contributed by atoms with Crippen molar-refractivity contribution in [2.45, 2.75) is 26.4 Å². The normalized spacial score (nSPS) is 11.3. The summed E-state index contributed by atoms with van der Waals surface area (Å²) in [5, 5.41) is 8.24. The van der Waals surface area contributed by atoms with Crippen LogP contribution in [0.1, 0.15) is 20.8 Å². The van der Waals surface area contributed by atoms with Gasteiger partial charge in [0.05, 0.1) is 11.2 Å². The van der Waals surface area contributed by atoms with E-state index in [9.17, 15) is 14.4 Å². The van der Waals surface area contributed by atoms with Crippen molar-refractivity contribution < 1.29 is 14.3 Å². The molecule has 2 N–H and O–H groups in total. The second-order valence-corrected chi connectivity index (χ2v) is 8.30. The van der Waals surface area contributed by atoms with Crippen LogP contribution in [0.4, 0.5) is 9.93 Å². The molecule has 9 heteroatoms. The number of aryl methyl sites for hydroxylation is 1. The third-order valence-electron chi connectivity index (χ3n) is 3.97. The summed E-state index contributed by atoms with van der Waals surface area (Å²) in [6, 6.07) is 9.04. The highest BCUT2D eigenvalue weighted by Gasteiger charge is 2.17. The topological polar surface area (TPSA) is 102 Å². The number of fused-ring (bicyclic) bond motifs is 1. The fourth-order valence-electron chi connectivity index (χ4n) is 2.62. The van der Waals surface area contributed by atoms with Crippen LogP contribution in [0.2, 0.25) is 0 Å². The van der Waals surface area contributed by atoms with Gasteiger partial charge in [0.15, 0.2) is 5.13 Å². The number of anilines is 1. The zero-order valence-corrected chi connectivity index (χ0v) is 17.4. The molecule has 0 fully saturated rings. The van der Waals surface area contributed by atoms with E-state index in [0.717, 1.165) is 16.5 Å². The van der Waals surface area contributed by atoms with E-state index in [1.165, 1.54) is 17.4 Å². The van der Waals surface area contributed by atoms with Crippen molar-refractivity contribution in [1.29, 1.82) is 0 Å². The van der Waals surface area contributed by atoms with Gasteiger partial charge in [0, 0.05) is 24.1 Å². The molecule has 2 heterocycles. The first-order chi connectivity index (χ1) is 13.6. The lowest BCUT2D eigenvalue weighted by Crippen LogP contribution is -2.37. The Hall–Kier alpha value is -3.20. The van der Waals surface area contributed by atoms with Gasteiger partial charge in [-0.25, -0.2) is 9.78 Å². The number of hydrogen-bond acceptors (Lipinski definition) is 6. The van der Waals surface area contributed by atoms with Gasteiger partial charge >= 0.3 is 6.09 Å². The number of aromatic nitrogens is 2. The number of pyridine rings is 1. The second kappa shape index (κ2) is 8.04. The average Bonchev–Trinajstić information content (AvgIpc) is 3.10. The van der Waals surface area contributed by atoms with Crippen LogP contribution in [0.25, 0.3) is 22.2 Å². The van der Waals surface area contributed by atoms with E-state index >= 15 is 0 Å². The fraction of sp³-hybridized carbons (Fsp3) is 0.300. The molecule has 152 valence electrons. The van der Waals surface area contributed by atoms with Gasteiger partial charge in [0.1, 0.15) is 12.1 Å². The Labute approximate surface area is 171 Å². The van der Waals surface area contributed by atoms with Gasteiger partial charge in [0.2, 0.25) is 5.91 Å². The summed E-state index contributed by atoms with van der Waals surface area (Å²) in [5.41, 5.74) is 1.60. The molecule has 2 aromatic heterocycles. The van der Waals surface area contributed by atoms with Crippen LogP contribution in [-0.4, -0.2) is 33.7 Å². The number of alkyl carbamates (subject to hydrolysis) is 1. The third-order valence-corrected chi connectivity index (χ3v) is 4.72. The van der Waals surface area contributed by atoms with Crippen molar-refractivity contribution in [2.75, 3.05) is 11.9 Å². The molecular weight excluding hydrogens is 392 g/mol. The van der Waals surface area contributed by atoms with Crippen LogP contribution in [-0.2, 0) is 16.6 Å². The van der Waals surface area contributed by atoms with E-state index in [4.69, 9.17) is 4.74 Å². The molecule has 0 saturated carbocycles. The summed E-state index contributed by atoms with van der Waals surface area (Å²) in [6.07, 6.45) is -0.658. The number of rotatable bonds is 4. The molecule has 8 nitrogen and oxygen atoms in total. The Morgan fingerprint density at radius 3 is 2.66 bits per heavy atom. The van der Waals surface area contributed by atoms with Gasteiger partial charge in [-0.3, -0.25) is 9.59 Å². The molecule has 3 aromatic rings. The first-order valence-corrected chi connectivity index (χ1v) is 9.83. The number of benzene rings is 1. The maximum atomic E-state index is 12.0. The number of hydrogen-bond donors (Lipinski definition) is 2. The SMILES string of the molecule is Cn1c(=O)ccc2ccc(-c3csc(NC(=O)CNC(=O)OC(C)(C)C)n3)cc21. The van der Waals surface area contributed by atoms with E-state index in [-0.39, 0.29) is 12.1 Å². The van der Waals surface area contributed by atoms with E-state index in [1.54, 1.807) is 38.5 Å². The lowest BCUT2D eigenvalue weighted by atomic mass is 10.1. The molecule has 0 atom stereocenters. The van der Waals surface area contributed by atoms with E-state index in [1.807, 2.05) is 23.6 Å². The highest BCUT2D eigenvalue weighted by molar-refractivity contribution is 7.14. The van der Waals surface area contributed by atoms with Crippen LogP contribution >= 0.6 is 11.3 Å². The number of carbonyl (C=O) groups is 2. The predicted octanol–water partition coefficient (Wildman–Crippen LogP) is 3.13. The first-order valence-electron chi connectivity index (χ1n) is 8.95. The third kappa shape index (κ3) is 5.20. The Kier molecular flexibility index (Phi) is 5.69. The van der Waals surface area contributed by atoms with Crippen molar-refractivity contribution >= 4 is 39.4 Å². The molecule has 1 aromatic carbocycles. The van der Waals surface area contributed by atoms with Crippen molar-refractivity contribution in [3.8, 4) is 11.3 Å². The van der Waals surface area contributed by atoms with Crippen LogP contribution in [0.5, 0.6) is 0 Å². The van der Waals surface area contributed by atoms with Crippen LogP contribution in [0.15, 0.2) is 40.5 Å². The quantitative estimate of drug-likeness (QED) is 0.683. The molecule has 2 amide bonds. The maximum absolute atomic E-state index is 12.0. The Morgan fingerprint density at radius 1 is 1.21 bits per heavy atom. The van der Waals surface area contributed by atoms with Crippen LogP contribution < -0.4 is 16.2 Å². The molecule has 0 spiro atoms. The van der Waals surface area contributed by atoms with Gasteiger partial charge in [0.25, 0.3) is 5.56 Å². The smallest absolute Gasteiger partial charge is 0.408 e. The molecular formula is C20H22N4O4S. The van der Waals surface area contributed by atoms with Crippen LogP contribution in [0, 0.1) is 0 Å². The number of amides is 2. The summed E-state index contributed by atoms with van der Waals surface area (Å²) < 4.78 is 6.67. The minimum atomic E-state index is -0.658. The summed E-state index contributed by atoms with van der Waals surface area (Å²) in [6.45, 7) is 5.01. The fourth-order valence-corrected chi connectivity index (χ4v) is 3.36. The van der Waals surface area contributed by atoms with Gasteiger partial charge < -0.3 is 19.9 Å². The van der Waals surface area contributed by atoms with Gasteiger partial charge in [-0.1, -0.05) is 12.1 Å². The standard InChI is InChI=1S/C20H22N4O4S/c1-20(2,3)28-19(27)21-10-16(25)23-18-22-14(11-29-18)13-6-5-12-7-8-17(26)24(4)15(12)9-13/h5-9,11H,10H2,1-4H3,(H,21,27)(H,22,23,25). The maximum Gasteiger partial charge on any atom is 0.408 e. The molecule has 0 aliphatic carbocycles. The predicted molar refractivity (Wildman–Crippen MR) is 113 cm³/mol. The lowest BCUT2D eigenvalue weighted by molar-refractivity contribution is -0.115. The average molecular weight is 414 g/mol. The first kappa shape index (κ1) is 20.5. The number of ether oxygens (including phenoxy) is 1. The van der Waals surface area contributed by atoms with E-state index in [2.05, 4.69) is 15.6 Å². The highest BCUT2D eigenvalue weighted by atomic mass is 32.1. The number of nitrogens with zero attached hydrogens (tertiary/aromatic N) is 2. The number of carbonyl (C=O) groups excluding carboxylic acids is 2. The molecule has 0 unspecified atom stereocenters. The Morgan fingerprint density at radius 2 is 1.93 bits per heavy atom. The van der Waals surface area contributed by atoms with Crippen molar-refractivity contribution in [3.63, 3.8) is 0 Å². The highest BCUT2D eigenvalue weighted by Crippen LogP contribution is 2.27. The Balaban J connectivity index is 1.67. The molecule has 3 rings (SSSR count). The molecule has 0 bridgehead atoms. The van der Waals surface area contributed by atoms with Crippen molar-refractivity contribution in [2.24, 2.45) is 7.05 Å². The number of nitrogens with one attached hydrogen (secondary N) is 2.